The van der Waals surface area contributed by atoms with Gasteiger partial charge in [0.25, 0.3) is 5.91 Å². The van der Waals surface area contributed by atoms with E-state index in [0.29, 0.717) is 5.56 Å². The number of carbonyl (C=O) groups is 1. The molecule has 3 heterocycles. The number of carbonyl (C=O) groups excluding carboxylic acids is 1. The third-order valence-corrected chi connectivity index (χ3v) is 4.98. The highest BCUT2D eigenvalue weighted by Crippen LogP contribution is 2.23. The number of amides is 1. The van der Waals surface area contributed by atoms with Crippen molar-refractivity contribution in [3.63, 3.8) is 0 Å². The summed E-state index contributed by atoms with van der Waals surface area (Å²) >= 11 is 1.60. The van der Waals surface area contributed by atoms with E-state index in [0.717, 1.165) is 32.9 Å². The van der Waals surface area contributed by atoms with E-state index in [2.05, 4.69) is 20.3 Å². The van der Waals surface area contributed by atoms with Crippen LogP contribution in [-0.2, 0) is 0 Å². The van der Waals surface area contributed by atoms with Crippen LogP contribution in [0.1, 0.15) is 10.4 Å². The van der Waals surface area contributed by atoms with Crippen LogP contribution in [-0.4, -0.2) is 25.3 Å². The Hall–Kier alpha value is -3.45. The van der Waals surface area contributed by atoms with Crippen molar-refractivity contribution in [1.29, 1.82) is 0 Å². The molecule has 0 aliphatic rings. The number of hydrogen-bond donors (Lipinski definition) is 2. The van der Waals surface area contributed by atoms with Gasteiger partial charge in [-0.25, -0.2) is 9.97 Å². The predicted octanol–water partition coefficient (Wildman–Crippen LogP) is 4.19. The summed E-state index contributed by atoms with van der Waals surface area (Å²) in [4.78, 5) is 25.2. The molecule has 5 rings (SSSR count). The number of rotatable bonds is 3. The Morgan fingerprint density at radius 3 is 2.88 bits per heavy atom. The average Bonchev–Trinajstić information content (AvgIpc) is 3.37. The summed E-state index contributed by atoms with van der Waals surface area (Å²) in [5, 5.41) is 4.92. The first-order valence-electron chi connectivity index (χ1n) is 8.03. The molecule has 0 saturated heterocycles. The van der Waals surface area contributed by atoms with Crippen LogP contribution in [0.25, 0.3) is 27.3 Å². The lowest BCUT2D eigenvalue weighted by molar-refractivity contribution is 0.102. The quantitative estimate of drug-likeness (QED) is 0.507. The topological polar surface area (TPSA) is 75.1 Å². The lowest BCUT2D eigenvalue weighted by Gasteiger charge is -2.06. The summed E-state index contributed by atoms with van der Waals surface area (Å²) in [6.45, 7) is 0. The molecule has 2 aromatic carbocycles. The third-order valence-electron chi connectivity index (χ3n) is 4.21. The zero-order valence-electron chi connectivity index (χ0n) is 13.5. The molecule has 0 aliphatic carbocycles. The maximum absolute atomic E-state index is 12.5. The van der Waals surface area contributed by atoms with E-state index in [1.165, 1.54) is 0 Å². The molecule has 0 atom stereocenters. The number of aromatic amines is 1. The molecule has 5 aromatic rings. The highest BCUT2D eigenvalue weighted by Gasteiger charge is 2.09. The molecule has 0 aliphatic heterocycles. The second kappa shape index (κ2) is 5.82. The third kappa shape index (κ3) is 2.55. The number of anilines is 1. The van der Waals surface area contributed by atoms with Crippen molar-refractivity contribution in [3.05, 3.63) is 72.1 Å². The summed E-state index contributed by atoms with van der Waals surface area (Å²) in [6.07, 6.45) is 5.60. The smallest absolute Gasteiger partial charge is 0.255 e. The largest absolute Gasteiger partial charge is 0.345 e. The lowest BCUT2D eigenvalue weighted by Crippen LogP contribution is -2.11. The first kappa shape index (κ1) is 14.9. The fourth-order valence-electron chi connectivity index (χ4n) is 2.87. The van der Waals surface area contributed by atoms with Crippen LogP contribution in [0.3, 0.4) is 0 Å². The molecule has 126 valence electrons. The Morgan fingerprint density at radius 1 is 1.15 bits per heavy atom. The van der Waals surface area contributed by atoms with Crippen molar-refractivity contribution in [1.82, 2.24) is 19.4 Å². The van der Waals surface area contributed by atoms with Crippen LogP contribution < -0.4 is 5.32 Å². The summed E-state index contributed by atoms with van der Waals surface area (Å²) in [5.74, 6) is -0.156. The Balaban J connectivity index is 1.36. The van der Waals surface area contributed by atoms with E-state index in [9.17, 15) is 4.79 Å². The standard InChI is InChI=1S/C19H13N5OS/c25-18(13-3-6-15-16(9-13)21-11-20-15)22-14-4-1-12(2-5-14)17-10-24-7-8-26-19(24)23-17/h1-11H,(H,20,21)(H,22,25). The van der Waals surface area contributed by atoms with Crippen LogP contribution in [0.4, 0.5) is 5.69 Å². The van der Waals surface area contributed by atoms with Crippen molar-refractivity contribution < 1.29 is 4.79 Å². The highest BCUT2D eigenvalue weighted by molar-refractivity contribution is 7.15. The van der Waals surface area contributed by atoms with Gasteiger partial charge < -0.3 is 10.3 Å². The van der Waals surface area contributed by atoms with Gasteiger partial charge in [-0.3, -0.25) is 9.20 Å². The Bertz CT molecular complexity index is 1200. The summed E-state index contributed by atoms with van der Waals surface area (Å²) in [5.41, 5.74) is 4.93. The van der Waals surface area contributed by atoms with Gasteiger partial charge in [0.2, 0.25) is 0 Å². The first-order valence-corrected chi connectivity index (χ1v) is 8.91. The molecule has 0 saturated carbocycles. The molecule has 0 unspecified atom stereocenters. The number of imidazole rings is 2. The second-order valence-electron chi connectivity index (χ2n) is 5.88. The number of fused-ring (bicyclic) bond motifs is 2. The van der Waals surface area contributed by atoms with Crippen LogP contribution in [0, 0.1) is 0 Å². The molecule has 26 heavy (non-hydrogen) atoms. The van der Waals surface area contributed by atoms with Crippen LogP contribution >= 0.6 is 11.3 Å². The van der Waals surface area contributed by atoms with Crippen molar-refractivity contribution in [3.8, 4) is 11.3 Å². The molecule has 1 amide bonds. The van der Waals surface area contributed by atoms with Gasteiger partial charge in [0.1, 0.15) is 0 Å². The predicted molar refractivity (Wildman–Crippen MR) is 103 cm³/mol. The molecule has 3 aromatic heterocycles. The van der Waals surface area contributed by atoms with Crippen LogP contribution in [0.2, 0.25) is 0 Å². The number of nitrogens with one attached hydrogen (secondary N) is 2. The number of benzene rings is 2. The minimum Gasteiger partial charge on any atom is -0.345 e. The van der Waals surface area contributed by atoms with E-state index in [1.54, 1.807) is 29.8 Å². The van der Waals surface area contributed by atoms with Gasteiger partial charge in [-0.2, -0.15) is 0 Å². The van der Waals surface area contributed by atoms with E-state index in [-0.39, 0.29) is 5.91 Å². The van der Waals surface area contributed by atoms with E-state index < -0.39 is 0 Å². The van der Waals surface area contributed by atoms with Gasteiger partial charge in [-0.1, -0.05) is 12.1 Å². The molecule has 0 fully saturated rings. The molecule has 2 N–H and O–H groups in total. The van der Waals surface area contributed by atoms with Crippen molar-refractivity contribution >= 4 is 38.9 Å². The van der Waals surface area contributed by atoms with Gasteiger partial charge in [0.15, 0.2) is 4.96 Å². The number of aromatic nitrogens is 4. The number of thiazole rings is 1. The van der Waals surface area contributed by atoms with Crippen molar-refractivity contribution in [2.75, 3.05) is 5.32 Å². The van der Waals surface area contributed by atoms with Crippen molar-refractivity contribution in [2.24, 2.45) is 0 Å². The molecule has 6 nitrogen and oxygen atoms in total. The monoisotopic (exact) mass is 359 g/mol. The average molecular weight is 359 g/mol. The fraction of sp³-hybridized carbons (Fsp3) is 0. The maximum Gasteiger partial charge on any atom is 0.255 e. The normalized spacial score (nSPS) is 11.2. The molecule has 0 spiro atoms. The van der Waals surface area contributed by atoms with Crippen LogP contribution in [0.15, 0.2) is 66.6 Å². The van der Waals surface area contributed by atoms with E-state index in [1.807, 2.05) is 52.5 Å². The summed E-state index contributed by atoms with van der Waals surface area (Å²) < 4.78 is 2.00. The van der Waals surface area contributed by atoms with Crippen molar-refractivity contribution in [2.45, 2.75) is 0 Å². The SMILES string of the molecule is O=C(Nc1ccc(-c2cn3ccsc3n2)cc1)c1ccc2nc[nH]c2c1. The molecular weight excluding hydrogens is 346 g/mol. The van der Waals surface area contributed by atoms with Gasteiger partial charge in [0, 0.05) is 34.6 Å². The molecular formula is C19H13N5OS. The number of H-pyrrole nitrogens is 1. The zero-order chi connectivity index (χ0) is 17.5. The van der Waals surface area contributed by atoms with Crippen LogP contribution in [0.5, 0.6) is 0 Å². The Kier molecular flexibility index (Phi) is 3.32. The minimum atomic E-state index is -0.156. The van der Waals surface area contributed by atoms with Gasteiger partial charge in [0.05, 0.1) is 23.1 Å². The summed E-state index contributed by atoms with van der Waals surface area (Å²) in [6, 6.07) is 13.1. The number of hydrogen-bond acceptors (Lipinski definition) is 4. The minimum absolute atomic E-state index is 0.156. The molecule has 0 bridgehead atoms. The maximum atomic E-state index is 12.5. The number of nitrogens with zero attached hydrogens (tertiary/aromatic N) is 3. The Morgan fingerprint density at radius 2 is 2.04 bits per heavy atom. The van der Waals surface area contributed by atoms with Gasteiger partial charge >= 0.3 is 0 Å². The summed E-state index contributed by atoms with van der Waals surface area (Å²) in [7, 11) is 0. The van der Waals surface area contributed by atoms with E-state index in [4.69, 9.17) is 0 Å². The highest BCUT2D eigenvalue weighted by atomic mass is 32.1. The van der Waals surface area contributed by atoms with Gasteiger partial charge in [-0.15, -0.1) is 11.3 Å². The first-order chi connectivity index (χ1) is 12.8. The molecule has 7 heteroatoms. The fourth-order valence-corrected chi connectivity index (χ4v) is 3.57. The molecule has 0 radical (unpaired) electrons. The van der Waals surface area contributed by atoms with E-state index >= 15 is 0 Å². The lowest BCUT2D eigenvalue weighted by atomic mass is 10.1. The zero-order valence-corrected chi connectivity index (χ0v) is 14.3. The van der Waals surface area contributed by atoms with Gasteiger partial charge in [-0.05, 0) is 30.3 Å². The second-order valence-corrected chi connectivity index (χ2v) is 6.76. The Labute approximate surface area is 152 Å².